The van der Waals surface area contributed by atoms with Gasteiger partial charge in [0, 0.05) is 23.7 Å². The van der Waals surface area contributed by atoms with Crippen LogP contribution in [0, 0.1) is 0 Å². The second-order valence-electron chi connectivity index (χ2n) is 6.11. The molecule has 0 saturated carbocycles. The first kappa shape index (κ1) is 16.6. The van der Waals surface area contributed by atoms with Gasteiger partial charge in [-0.3, -0.25) is 14.2 Å². The number of amides is 1. The molecular weight excluding hydrogens is 354 g/mol. The number of benzene rings is 2. The third kappa shape index (κ3) is 3.28. The number of carbonyl (C=O) groups is 1. The van der Waals surface area contributed by atoms with Crippen LogP contribution in [0.1, 0.15) is 12.2 Å². The van der Waals surface area contributed by atoms with Crippen molar-refractivity contribution in [3.63, 3.8) is 0 Å². The van der Waals surface area contributed by atoms with Crippen LogP contribution in [0.2, 0.25) is 5.02 Å². The Bertz CT molecular complexity index is 1040. The van der Waals surface area contributed by atoms with Gasteiger partial charge in [-0.25, -0.2) is 4.98 Å². The lowest BCUT2D eigenvalue weighted by Gasteiger charge is -2.09. The Balaban J connectivity index is 1.48. The normalized spacial score (nSPS) is 12.8. The molecule has 1 aliphatic rings. The zero-order chi connectivity index (χ0) is 18.1. The zero-order valence-corrected chi connectivity index (χ0v) is 14.6. The van der Waals surface area contributed by atoms with E-state index in [2.05, 4.69) is 10.3 Å². The summed E-state index contributed by atoms with van der Waals surface area (Å²) in [5.41, 5.74) is 1.24. The first-order chi connectivity index (χ1) is 12.6. The van der Waals surface area contributed by atoms with Crippen molar-refractivity contribution in [3.8, 4) is 5.75 Å². The lowest BCUT2D eigenvalue weighted by Crippen LogP contribution is -2.21. The van der Waals surface area contributed by atoms with Gasteiger partial charge in [0.2, 0.25) is 0 Å². The largest absolute Gasteiger partial charge is 0.484 e. The highest BCUT2D eigenvalue weighted by molar-refractivity contribution is 6.30. The van der Waals surface area contributed by atoms with Crippen LogP contribution in [-0.4, -0.2) is 22.1 Å². The number of hydrogen-bond acceptors (Lipinski definition) is 4. The first-order valence-electron chi connectivity index (χ1n) is 8.32. The van der Waals surface area contributed by atoms with Crippen LogP contribution in [0.3, 0.4) is 0 Å². The minimum Gasteiger partial charge on any atom is -0.484 e. The maximum Gasteiger partial charge on any atom is 0.262 e. The number of hydrogen-bond donors (Lipinski definition) is 1. The number of aromatic nitrogens is 2. The highest BCUT2D eigenvalue weighted by Gasteiger charge is 2.16. The monoisotopic (exact) mass is 369 g/mol. The van der Waals surface area contributed by atoms with Crippen LogP contribution in [0.25, 0.3) is 10.9 Å². The van der Waals surface area contributed by atoms with Gasteiger partial charge in [0.1, 0.15) is 11.6 Å². The van der Waals surface area contributed by atoms with E-state index in [1.54, 1.807) is 47.0 Å². The number of ether oxygens (including phenoxy) is 1. The van der Waals surface area contributed by atoms with Crippen LogP contribution < -0.4 is 15.6 Å². The summed E-state index contributed by atoms with van der Waals surface area (Å²) in [6.45, 7) is 0.541. The van der Waals surface area contributed by atoms with Crippen molar-refractivity contribution < 1.29 is 9.53 Å². The standard InChI is InChI=1S/C19H16ClN3O3/c20-12-3-5-13(6-4-12)21-18(24)11-26-14-7-8-16-15(10-14)19(25)23-9-1-2-17(23)22-16/h3-8,10H,1-2,9,11H2,(H,21,24). The molecule has 1 aliphatic heterocycles. The fourth-order valence-corrected chi connectivity index (χ4v) is 3.16. The number of nitrogens with zero attached hydrogens (tertiary/aromatic N) is 2. The van der Waals surface area contributed by atoms with Crippen molar-refractivity contribution >= 4 is 34.1 Å². The maximum atomic E-state index is 12.6. The molecule has 1 amide bonds. The summed E-state index contributed by atoms with van der Waals surface area (Å²) in [5, 5.41) is 3.83. The van der Waals surface area contributed by atoms with Crippen LogP contribution in [0.15, 0.2) is 47.3 Å². The van der Waals surface area contributed by atoms with Crippen LogP contribution in [-0.2, 0) is 17.8 Å². The third-order valence-electron chi connectivity index (χ3n) is 4.28. The Hall–Kier alpha value is -2.86. The van der Waals surface area contributed by atoms with E-state index in [0.29, 0.717) is 33.9 Å². The maximum absolute atomic E-state index is 12.6. The van der Waals surface area contributed by atoms with Crippen molar-refractivity contribution in [1.82, 2.24) is 9.55 Å². The minimum absolute atomic E-state index is 0.0569. The third-order valence-corrected chi connectivity index (χ3v) is 4.54. The summed E-state index contributed by atoms with van der Waals surface area (Å²) < 4.78 is 7.24. The van der Waals surface area contributed by atoms with E-state index in [1.807, 2.05) is 0 Å². The molecule has 0 fully saturated rings. The van der Waals surface area contributed by atoms with Crippen molar-refractivity contribution in [2.45, 2.75) is 19.4 Å². The number of nitrogens with one attached hydrogen (secondary N) is 1. The predicted octanol–water partition coefficient (Wildman–Crippen LogP) is 3.01. The second kappa shape index (κ2) is 6.80. The van der Waals surface area contributed by atoms with E-state index in [4.69, 9.17) is 16.3 Å². The molecule has 2 heterocycles. The topological polar surface area (TPSA) is 73.2 Å². The number of fused-ring (bicyclic) bond motifs is 2. The first-order valence-corrected chi connectivity index (χ1v) is 8.70. The lowest BCUT2D eigenvalue weighted by molar-refractivity contribution is -0.118. The molecule has 0 atom stereocenters. The Morgan fingerprint density at radius 3 is 2.85 bits per heavy atom. The van der Waals surface area contributed by atoms with Crippen molar-refractivity contribution in [2.24, 2.45) is 0 Å². The molecule has 3 aromatic rings. The van der Waals surface area contributed by atoms with Gasteiger partial charge in [0.25, 0.3) is 11.5 Å². The molecule has 0 spiro atoms. The van der Waals surface area contributed by atoms with Crippen LogP contribution in [0.5, 0.6) is 5.75 Å². The highest BCUT2D eigenvalue weighted by Crippen LogP contribution is 2.20. The van der Waals surface area contributed by atoms with Gasteiger partial charge in [-0.1, -0.05) is 11.6 Å². The summed E-state index contributed by atoms with van der Waals surface area (Å²) in [6, 6.07) is 11.9. The number of carbonyl (C=O) groups excluding carboxylic acids is 1. The molecule has 0 radical (unpaired) electrons. The zero-order valence-electron chi connectivity index (χ0n) is 13.9. The molecule has 2 aromatic carbocycles. The highest BCUT2D eigenvalue weighted by atomic mass is 35.5. The number of aryl methyl sites for hydroxylation is 1. The molecule has 0 aliphatic carbocycles. The minimum atomic E-state index is -0.295. The molecule has 1 N–H and O–H groups in total. The van der Waals surface area contributed by atoms with Gasteiger partial charge in [-0.2, -0.15) is 0 Å². The van der Waals surface area contributed by atoms with Gasteiger partial charge < -0.3 is 10.1 Å². The predicted molar refractivity (Wildman–Crippen MR) is 99.9 cm³/mol. The van der Waals surface area contributed by atoms with E-state index in [-0.39, 0.29) is 18.1 Å². The molecule has 7 heteroatoms. The molecule has 6 nitrogen and oxygen atoms in total. The fraction of sp³-hybridized carbons (Fsp3) is 0.211. The Labute approximate surface area is 154 Å². The van der Waals surface area contributed by atoms with Crippen LogP contribution >= 0.6 is 11.6 Å². The van der Waals surface area contributed by atoms with Gasteiger partial charge in [-0.05, 0) is 48.9 Å². The molecule has 0 saturated heterocycles. The molecule has 1 aromatic heterocycles. The van der Waals surface area contributed by atoms with Gasteiger partial charge in [-0.15, -0.1) is 0 Å². The van der Waals surface area contributed by atoms with Gasteiger partial charge in [0.05, 0.1) is 10.9 Å². The van der Waals surface area contributed by atoms with Gasteiger partial charge in [0.15, 0.2) is 6.61 Å². The van der Waals surface area contributed by atoms with E-state index < -0.39 is 0 Å². The summed E-state index contributed by atoms with van der Waals surface area (Å²) in [5.74, 6) is 0.996. The molecule has 4 rings (SSSR count). The molecular formula is C19H16ClN3O3. The quantitative estimate of drug-likeness (QED) is 0.767. The molecule has 0 bridgehead atoms. The molecule has 0 unspecified atom stereocenters. The van der Waals surface area contributed by atoms with Gasteiger partial charge >= 0.3 is 0 Å². The number of halogens is 1. The average molecular weight is 370 g/mol. The summed E-state index contributed by atoms with van der Waals surface area (Å²) in [7, 11) is 0. The van der Waals surface area contributed by atoms with Crippen molar-refractivity contribution in [3.05, 3.63) is 63.7 Å². The van der Waals surface area contributed by atoms with Crippen molar-refractivity contribution in [1.29, 1.82) is 0 Å². The Kier molecular flexibility index (Phi) is 4.34. The SMILES string of the molecule is O=C(COc1ccc2nc3n(c(=O)c2c1)CCC3)Nc1ccc(Cl)cc1. The average Bonchev–Trinajstić information content (AvgIpc) is 3.11. The lowest BCUT2D eigenvalue weighted by atomic mass is 10.2. The van der Waals surface area contributed by atoms with E-state index in [0.717, 1.165) is 18.7 Å². The van der Waals surface area contributed by atoms with E-state index in [9.17, 15) is 9.59 Å². The van der Waals surface area contributed by atoms with E-state index >= 15 is 0 Å². The van der Waals surface area contributed by atoms with E-state index in [1.165, 1.54) is 0 Å². The van der Waals surface area contributed by atoms with Crippen molar-refractivity contribution in [2.75, 3.05) is 11.9 Å². The van der Waals surface area contributed by atoms with Crippen LogP contribution in [0.4, 0.5) is 5.69 Å². The Morgan fingerprint density at radius 2 is 2.04 bits per heavy atom. The fourth-order valence-electron chi connectivity index (χ4n) is 3.03. The summed E-state index contributed by atoms with van der Waals surface area (Å²) >= 11 is 5.82. The number of rotatable bonds is 4. The smallest absolute Gasteiger partial charge is 0.262 e. The molecule has 132 valence electrons. The summed E-state index contributed by atoms with van der Waals surface area (Å²) in [4.78, 5) is 29.1. The second-order valence-corrected chi connectivity index (χ2v) is 6.55. The summed E-state index contributed by atoms with van der Waals surface area (Å²) in [6.07, 6.45) is 1.76. The molecule has 26 heavy (non-hydrogen) atoms. The number of anilines is 1. The Morgan fingerprint density at radius 1 is 1.23 bits per heavy atom.